The maximum atomic E-state index is 13.2. The molecule has 0 aromatic heterocycles. The topological polar surface area (TPSA) is 151 Å². The molecule has 198 valence electrons. The molecule has 0 saturated carbocycles. The Morgan fingerprint density at radius 1 is 1.19 bits per heavy atom. The molecule has 2 saturated heterocycles. The normalized spacial score (nSPS) is 21.8. The summed E-state index contributed by atoms with van der Waals surface area (Å²) in [5.74, 6) is -2.04. The van der Waals surface area contributed by atoms with Crippen LogP contribution in [-0.2, 0) is 30.1 Å². The molecular weight excluding hydrogens is 493 g/mol. The summed E-state index contributed by atoms with van der Waals surface area (Å²) < 4.78 is 45.2. The van der Waals surface area contributed by atoms with Crippen LogP contribution in [-0.4, -0.2) is 69.4 Å². The minimum atomic E-state index is -2.39. The molecule has 12 heteroatoms. The molecule has 2 amide bonds. The number of rotatable bonds is 5. The van der Waals surface area contributed by atoms with Crippen molar-refractivity contribution in [3.63, 3.8) is 0 Å². The number of carbonyl (C=O) groups excluding carboxylic acids is 3. The number of hydrogen-bond donors (Lipinski definition) is 2. The zero-order valence-electron chi connectivity index (χ0n) is 19.6. The van der Waals surface area contributed by atoms with Crippen LogP contribution in [0.25, 0.3) is 0 Å². The van der Waals surface area contributed by atoms with E-state index in [1.54, 1.807) is 0 Å². The van der Waals surface area contributed by atoms with E-state index in [-0.39, 0.29) is 26.3 Å². The lowest BCUT2D eigenvalue weighted by atomic mass is 10.1. The van der Waals surface area contributed by atoms with Gasteiger partial charge in [-0.3, -0.25) is 18.6 Å². The predicted octanol–water partition coefficient (Wildman–Crippen LogP) is 2.07. The SMILES string of the molecule is CC(=O)O[C@H]1C[C@@H](C(=O)Nc2ccc(S(=O)[O-])cc2)N(C(=O)c2ccc(F)cc2)C1.N[C@@H]1CCOC1.[HH].[HH]. The van der Waals surface area contributed by atoms with Crippen molar-refractivity contribution in [1.82, 2.24) is 4.90 Å². The Bertz CT molecular complexity index is 1100. The molecule has 1 unspecified atom stereocenters. The minimum Gasteiger partial charge on any atom is -0.768 e. The van der Waals surface area contributed by atoms with Crippen molar-refractivity contribution in [1.29, 1.82) is 0 Å². The first-order valence-electron chi connectivity index (χ1n) is 11.2. The molecular formula is C24H31FN3O7S-. The highest BCUT2D eigenvalue weighted by Crippen LogP contribution is 2.25. The van der Waals surface area contributed by atoms with Crippen LogP contribution in [0, 0.1) is 5.82 Å². The fourth-order valence-electron chi connectivity index (χ4n) is 3.78. The molecule has 0 spiro atoms. The van der Waals surface area contributed by atoms with Gasteiger partial charge in [0.1, 0.15) is 18.0 Å². The van der Waals surface area contributed by atoms with Gasteiger partial charge in [0.2, 0.25) is 5.91 Å². The Kier molecular flexibility index (Phi) is 9.65. The van der Waals surface area contributed by atoms with Crippen molar-refractivity contribution in [3.05, 3.63) is 59.9 Å². The van der Waals surface area contributed by atoms with Gasteiger partial charge in [0.05, 0.1) is 13.2 Å². The number of anilines is 1. The molecule has 3 N–H and O–H groups in total. The van der Waals surface area contributed by atoms with E-state index >= 15 is 0 Å². The largest absolute Gasteiger partial charge is 0.768 e. The van der Waals surface area contributed by atoms with Gasteiger partial charge in [-0.1, -0.05) is 0 Å². The van der Waals surface area contributed by atoms with Gasteiger partial charge >= 0.3 is 5.97 Å². The van der Waals surface area contributed by atoms with Crippen molar-refractivity contribution < 1.29 is 39.9 Å². The monoisotopic (exact) mass is 524 g/mol. The Morgan fingerprint density at radius 3 is 2.36 bits per heavy atom. The van der Waals surface area contributed by atoms with Crippen LogP contribution in [0.5, 0.6) is 0 Å². The molecule has 2 aliphatic heterocycles. The number of nitrogens with zero attached hydrogens (tertiary/aromatic N) is 1. The second-order valence-corrected chi connectivity index (χ2v) is 9.26. The van der Waals surface area contributed by atoms with Gasteiger partial charge in [0.15, 0.2) is 0 Å². The molecule has 0 aliphatic carbocycles. The molecule has 4 atom stereocenters. The van der Waals surface area contributed by atoms with E-state index in [9.17, 15) is 27.5 Å². The summed E-state index contributed by atoms with van der Waals surface area (Å²) in [5.41, 5.74) is 5.95. The standard InChI is InChI=1S/C20H19FN2O6S.C4H9NO.2H2/c1-12(24)29-16-10-18(19(25)22-15-6-8-17(9-7-15)30(27)28)23(11-16)20(26)13-2-4-14(21)5-3-13;5-4-1-2-6-3-4;;/h2-9,16,18H,10-11H2,1H3,(H,22,25)(H,27,28);4H,1-3,5H2;2*1H/p-1/t16-,18-;4-;;/m01../s1. The van der Waals surface area contributed by atoms with E-state index in [4.69, 9.17) is 15.2 Å². The van der Waals surface area contributed by atoms with Crippen LogP contribution in [0.2, 0.25) is 0 Å². The fraction of sp³-hybridized carbons (Fsp3) is 0.375. The zero-order valence-corrected chi connectivity index (χ0v) is 20.4. The Hall–Kier alpha value is -3.19. The second-order valence-electron chi connectivity index (χ2n) is 8.32. The molecule has 2 heterocycles. The van der Waals surface area contributed by atoms with Gasteiger partial charge in [-0.2, -0.15) is 0 Å². The molecule has 10 nitrogen and oxygen atoms in total. The van der Waals surface area contributed by atoms with Crippen molar-refractivity contribution in [2.45, 2.75) is 42.8 Å². The van der Waals surface area contributed by atoms with Gasteiger partial charge in [-0.15, -0.1) is 0 Å². The highest BCUT2D eigenvalue weighted by atomic mass is 32.2. The van der Waals surface area contributed by atoms with E-state index in [1.165, 1.54) is 48.2 Å². The van der Waals surface area contributed by atoms with E-state index in [0.29, 0.717) is 11.7 Å². The van der Waals surface area contributed by atoms with E-state index in [2.05, 4.69) is 5.32 Å². The number of nitrogens with two attached hydrogens (primary N) is 1. The average molecular weight is 525 g/mol. The summed E-state index contributed by atoms with van der Waals surface area (Å²) in [6.45, 7) is 2.88. The summed E-state index contributed by atoms with van der Waals surface area (Å²) in [6, 6.07) is 9.81. The van der Waals surface area contributed by atoms with Gasteiger partial charge in [-0.25, -0.2) is 4.39 Å². The molecule has 2 aromatic rings. The number of nitrogens with one attached hydrogen (secondary N) is 1. The van der Waals surface area contributed by atoms with Gasteiger partial charge < -0.3 is 30.0 Å². The van der Waals surface area contributed by atoms with Crippen LogP contribution in [0.1, 0.15) is 33.0 Å². The van der Waals surface area contributed by atoms with Crippen molar-refractivity contribution in [2.24, 2.45) is 5.73 Å². The van der Waals surface area contributed by atoms with E-state index < -0.39 is 46.8 Å². The number of hydrogen-bond acceptors (Lipinski definition) is 8. The van der Waals surface area contributed by atoms with Crippen molar-refractivity contribution >= 4 is 34.6 Å². The molecule has 0 bridgehead atoms. The third kappa shape index (κ3) is 7.65. The van der Waals surface area contributed by atoms with E-state index in [0.717, 1.165) is 31.8 Å². The zero-order chi connectivity index (χ0) is 26.2. The highest BCUT2D eigenvalue weighted by molar-refractivity contribution is 7.79. The lowest BCUT2D eigenvalue weighted by Crippen LogP contribution is -2.43. The fourth-order valence-corrected chi connectivity index (χ4v) is 4.13. The summed E-state index contributed by atoms with van der Waals surface area (Å²) in [7, 11) is 0. The first-order valence-corrected chi connectivity index (χ1v) is 12.3. The molecule has 0 radical (unpaired) electrons. The van der Waals surface area contributed by atoms with Gasteiger partial charge in [-0.05, 0) is 66.0 Å². The molecule has 2 aliphatic rings. The molecule has 36 heavy (non-hydrogen) atoms. The Morgan fingerprint density at radius 2 is 1.86 bits per heavy atom. The molecule has 2 fully saturated rings. The maximum Gasteiger partial charge on any atom is 0.302 e. The molecule has 2 aromatic carbocycles. The summed E-state index contributed by atoms with van der Waals surface area (Å²) >= 11 is -2.39. The van der Waals surface area contributed by atoms with Crippen molar-refractivity contribution in [3.8, 4) is 0 Å². The second kappa shape index (κ2) is 12.7. The number of carbonyl (C=O) groups is 3. The predicted molar refractivity (Wildman–Crippen MR) is 131 cm³/mol. The smallest absolute Gasteiger partial charge is 0.302 e. The maximum absolute atomic E-state index is 13.2. The van der Waals surface area contributed by atoms with Crippen LogP contribution in [0.4, 0.5) is 10.1 Å². The average Bonchev–Trinajstić information content (AvgIpc) is 3.48. The third-order valence-corrected chi connectivity index (χ3v) is 6.19. The molecule has 4 rings (SSSR count). The first kappa shape index (κ1) is 27.4. The summed E-state index contributed by atoms with van der Waals surface area (Å²) in [5, 5.41) is 2.64. The van der Waals surface area contributed by atoms with Crippen LogP contribution in [0.15, 0.2) is 53.4 Å². The minimum absolute atomic E-state index is 0. The van der Waals surface area contributed by atoms with Crippen LogP contribution in [0.3, 0.4) is 0 Å². The summed E-state index contributed by atoms with van der Waals surface area (Å²) in [6.07, 6.45) is 0.481. The number of benzene rings is 2. The Balaban J connectivity index is 0.000000796. The number of amides is 2. The third-order valence-electron chi connectivity index (χ3n) is 5.53. The van der Waals surface area contributed by atoms with Gasteiger partial charge in [0.25, 0.3) is 5.91 Å². The number of halogens is 1. The summed E-state index contributed by atoms with van der Waals surface area (Å²) in [4.78, 5) is 38.4. The lowest BCUT2D eigenvalue weighted by Gasteiger charge is -2.23. The van der Waals surface area contributed by atoms with Gasteiger partial charge in [0, 0.05) is 45.0 Å². The van der Waals surface area contributed by atoms with Crippen LogP contribution < -0.4 is 11.1 Å². The van der Waals surface area contributed by atoms with Crippen LogP contribution >= 0.6 is 0 Å². The first-order chi connectivity index (χ1) is 17.1. The highest BCUT2D eigenvalue weighted by Gasteiger charge is 2.41. The van der Waals surface area contributed by atoms with E-state index in [1.807, 2.05) is 0 Å². The number of likely N-dealkylation sites (tertiary alicyclic amines) is 1. The van der Waals surface area contributed by atoms with Crippen molar-refractivity contribution in [2.75, 3.05) is 25.1 Å². The lowest BCUT2D eigenvalue weighted by molar-refractivity contribution is -0.145. The quantitative estimate of drug-likeness (QED) is 0.446. The number of esters is 1. The Labute approximate surface area is 213 Å². The number of ether oxygens (including phenoxy) is 2.